The van der Waals surface area contributed by atoms with Gasteiger partial charge in [0.15, 0.2) is 0 Å². The molecule has 0 aliphatic heterocycles. The molecule has 2 N–H and O–H groups in total. The largest absolute Gasteiger partial charge is 0.465 e. The number of carboxylic acid groups (broad SMARTS) is 1. The van der Waals surface area contributed by atoms with Crippen LogP contribution in [0.15, 0.2) is 4.42 Å². The Morgan fingerprint density at radius 3 is 2.73 bits per heavy atom. The number of hydrogen-bond donors (Lipinski definition) is 2. The van der Waals surface area contributed by atoms with E-state index in [1.54, 1.807) is 7.05 Å². The lowest BCUT2D eigenvalue weighted by molar-refractivity contribution is 0.129. The molecule has 7 nitrogen and oxygen atoms in total. The second-order valence-electron chi connectivity index (χ2n) is 3.01. The van der Waals surface area contributed by atoms with E-state index in [0.717, 1.165) is 4.90 Å². The second-order valence-corrected chi connectivity index (χ2v) is 3.01. The number of hydrogen-bond acceptors (Lipinski definition) is 5. The molecule has 1 aromatic heterocycles. The van der Waals surface area contributed by atoms with Gasteiger partial charge in [-0.25, -0.2) is 4.79 Å². The molecule has 1 unspecified atom stereocenters. The molecule has 0 spiro atoms. The van der Waals surface area contributed by atoms with Crippen molar-refractivity contribution in [2.24, 2.45) is 0 Å². The van der Waals surface area contributed by atoms with Gasteiger partial charge in [-0.05, 0) is 6.42 Å². The fourth-order valence-corrected chi connectivity index (χ4v) is 1.22. The maximum absolute atomic E-state index is 10.8. The third-order valence-corrected chi connectivity index (χ3v) is 2.10. The van der Waals surface area contributed by atoms with Gasteiger partial charge in [-0.15, -0.1) is 5.10 Å². The monoisotopic (exact) mass is 214 g/mol. The Bertz CT molecular complexity index is 338. The average Bonchev–Trinajstić information content (AvgIpc) is 2.67. The van der Waals surface area contributed by atoms with E-state index in [0.29, 0.717) is 12.3 Å². The fraction of sp³-hybridized carbons (Fsp3) is 0.625. The Kier molecular flexibility index (Phi) is 3.48. The van der Waals surface area contributed by atoms with E-state index in [4.69, 9.17) is 9.52 Å². The molecule has 0 aromatic carbocycles. The number of aromatic nitrogens is 2. The SMILES string of the molecule is CCC(c1nnc(NC)o1)N(C)C(=O)O. The molecule has 15 heavy (non-hydrogen) atoms. The third-order valence-electron chi connectivity index (χ3n) is 2.10. The molecule has 84 valence electrons. The standard InChI is InChI=1S/C8H14N4O3/c1-4-5(12(3)8(13)14)6-10-11-7(9-2)15-6/h5H,4H2,1-3H3,(H,9,11)(H,13,14). The highest BCUT2D eigenvalue weighted by Gasteiger charge is 2.24. The smallest absolute Gasteiger partial charge is 0.407 e. The van der Waals surface area contributed by atoms with E-state index in [-0.39, 0.29) is 6.01 Å². The molecule has 1 heterocycles. The zero-order valence-corrected chi connectivity index (χ0v) is 8.89. The van der Waals surface area contributed by atoms with Crippen LogP contribution in [0.4, 0.5) is 10.8 Å². The van der Waals surface area contributed by atoms with Crippen LogP contribution < -0.4 is 5.32 Å². The summed E-state index contributed by atoms with van der Waals surface area (Å²) >= 11 is 0. The van der Waals surface area contributed by atoms with E-state index in [9.17, 15) is 4.79 Å². The van der Waals surface area contributed by atoms with Crippen molar-refractivity contribution in [3.8, 4) is 0 Å². The molecular formula is C8H14N4O3. The first-order valence-corrected chi connectivity index (χ1v) is 4.57. The molecule has 1 amide bonds. The van der Waals surface area contributed by atoms with Crippen LogP contribution in [-0.4, -0.2) is 40.4 Å². The summed E-state index contributed by atoms with van der Waals surface area (Å²) in [6.45, 7) is 1.85. The van der Waals surface area contributed by atoms with E-state index >= 15 is 0 Å². The molecule has 1 aromatic rings. The van der Waals surface area contributed by atoms with Crippen molar-refractivity contribution in [1.29, 1.82) is 0 Å². The van der Waals surface area contributed by atoms with Crippen molar-refractivity contribution in [3.63, 3.8) is 0 Å². The normalized spacial score (nSPS) is 12.2. The van der Waals surface area contributed by atoms with Crippen LogP contribution in [0.5, 0.6) is 0 Å². The lowest BCUT2D eigenvalue weighted by Crippen LogP contribution is -2.29. The summed E-state index contributed by atoms with van der Waals surface area (Å²) in [4.78, 5) is 11.9. The first kappa shape index (κ1) is 11.3. The van der Waals surface area contributed by atoms with Crippen LogP contribution in [0, 0.1) is 0 Å². The van der Waals surface area contributed by atoms with Crippen molar-refractivity contribution >= 4 is 12.1 Å². The third kappa shape index (κ3) is 2.36. The lowest BCUT2D eigenvalue weighted by atomic mass is 10.2. The minimum absolute atomic E-state index is 0.280. The molecule has 0 fully saturated rings. The summed E-state index contributed by atoms with van der Waals surface area (Å²) in [6.07, 6.45) is -0.445. The topological polar surface area (TPSA) is 91.5 Å². The number of rotatable bonds is 4. The summed E-state index contributed by atoms with van der Waals surface area (Å²) in [5.41, 5.74) is 0. The number of nitrogens with zero attached hydrogens (tertiary/aromatic N) is 3. The van der Waals surface area contributed by atoms with E-state index in [2.05, 4.69) is 15.5 Å². The van der Waals surface area contributed by atoms with Gasteiger partial charge in [-0.2, -0.15) is 0 Å². The van der Waals surface area contributed by atoms with Crippen molar-refractivity contribution in [2.45, 2.75) is 19.4 Å². The molecule has 0 aliphatic rings. The molecule has 7 heteroatoms. The highest BCUT2D eigenvalue weighted by atomic mass is 16.4. The molecule has 0 saturated heterocycles. The van der Waals surface area contributed by atoms with Crippen LogP contribution >= 0.6 is 0 Å². The molecule has 0 saturated carbocycles. The quantitative estimate of drug-likeness (QED) is 0.781. The fourth-order valence-electron chi connectivity index (χ4n) is 1.22. The second kappa shape index (κ2) is 4.63. The van der Waals surface area contributed by atoms with Gasteiger partial charge in [0.1, 0.15) is 6.04 Å². The minimum atomic E-state index is -1.02. The van der Waals surface area contributed by atoms with Gasteiger partial charge < -0.3 is 14.8 Å². The summed E-state index contributed by atoms with van der Waals surface area (Å²) in [5, 5.41) is 19.0. The first-order valence-electron chi connectivity index (χ1n) is 4.57. The Labute approximate surface area is 87.1 Å². The van der Waals surface area contributed by atoms with Crippen LogP contribution in [-0.2, 0) is 0 Å². The number of amides is 1. The van der Waals surface area contributed by atoms with Gasteiger partial charge in [0, 0.05) is 14.1 Å². The van der Waals surface area contributed by atoms with Crippen LogP contribution in [0.2, 0.25) is 0 Å². The molecular weight excluding hydrogens is 200 g/mol. The zero-order chi connectivity index (χ0) is 11.4. The van der Waals surface area contributed by atoms with E-state index < -0.39 is 12.1 Å². The Morgan fingerprint density at radius 1 is 1.67 bits per heavy atom. The Morgan fingerprint density at radius 2 is 2.33 bits per heavy atom. The van der Waals surface area contributed by atoms with Gasteiger partial charge in [0.2, 0.25) is 5.89 Å². The van der Waals surface area contributed by atoms with E-state index in [1.165, 1.54) is 7.05 Å². The van der Waals surface area contributed by atoms with Gasteiger partial charge in [0.05, 0.1) is 0 Å². The predicted octanol–water partition coefficient (Wildman–Crippen LogP) is 1.17. The van der Waals surface area contributed by atoms with Crippen molar-refractivity contribution in [3.05, 3.63) is 5.89 Å². The maximum Gasteiger partial charge on any atom is 0.407 e. The first-order chi connectivity index (χ1) is 7.10. The number of anilines is 1. The molecule has 1 rings (SSSR count). The van der Waals surface area contributed by atoms with Gasteiger partial charge in [0.25, 0.3) is 0 Å². The number of nitrogens with one attached hydrogen (secondary N) is 1. The lowest BCUT2D eigenvalue weighted by Gasteiger charge is -2.20. The summed E-state index contributed by atoms with van der Waals surface area (Å²) in [5.74, 6) is 0.298. The van der Waals surface area contributed by atoms with Crippen molar-refractivity contribution < 1.29 is 14.3 Å². The van der Waals surface area contributed by atoms with Gasteiger partial charge >= 0.3 is 12.1 Å². The highest BCUT2D eigenvalue weighted by Crippen LogP contribution is 2.22. The van der Waals surface area contributed by atoms with Crippen molar-refractivity contribution in [1.82, 2.24) is 15.1 Å². The molecule has 0 radical (unpaired) electrons. The molecule has 0 bridgehead atoms. The molecule has 0 aliphatic carbocycles. The summed E-state index contributed by atoms with van der Waals surface area (Å²) in [6, 6.07) is -0.126. The van der Waals surface area contributed by atoms with Gasteiger partial charge in [-0.3, -0.25) is 4.90 Å². The minimum Gasteiger partial charge on any atom is -0.465 e. The summed E-state index contributed by atoms with van der Waals surface area (Å²) < 4.78 is 5.22. The Hall–Kier alpha value is -1.79. The summed E-state index contributed by atoms with van der Waals surface area (Å²) in [7, 11) is 3.12. The van der Waals surface area contributed by atoms with Crippen molar-refractivity contribution in [2.75, 3.05) is 19.4 Å². The van der Waals surface area contributed by atoms with E-state index in [1.807, 2.05) is 6.92 Å². The van der Waals surface area contributed by atoms with Gasteiger partial charge in [-0.1, -0.05) is 12.0 Å². The molecule has 1 atom stereocenters. The average molecular weight is 214 g/mol. The Balaban J connectivity index is 2.86. The maximum atomic E-state index is 10.8. The van der Waals surface area contributed by atoms with Crippen LogP contribution in [0.25, 0.3) is 0 Å². The predicted molar refractivity (Wildman–Crippen MR) is 52.7 cm³/mol. The number of carbonyl (C=O) groups is 1. The zero-order valence-electron chi connectivity index (χ0n) is 8.89. The highest BCUT2D eigenvalue weighted by molar-refractivity contribution is 5.65. The van der Waals surface area contributed by atoms with Crippen LogP contribution in [0.1, 0.15) is 25.3 Å². The van der Waals surface area contributed by atoms with Crippen LogP contribution in [0.3, 0.4) is 0 Å².